The molecule has 0 saturated carbocycles. The number of methoxy groups -OCH3 is 2. The fraction of sp³-hybridized carbons (Fsp3) is 0.400. The van der Waals surface area contributed by atoms with Gasteiger partial charge in [-0.05, 0) is 42.3 Å². The maximum atomic E-state index is 13.2. The first kappa shape index (κ1) is 24.5. The van der Waals surface area contributed by atoms with Crippen LogP contribution in [0.3, 0.4) is 0 Å². The third kappa shape index (κ3) is 5.23. The second kappa shape index (κ2) is 10.3. The largest absolute Gasteiger partial charge is 0.493 e. The van der Waals surface area contributed by atoms with E-state index in [0.717, 1.165) is 43.3 Å². The van der Waals surface area contributed by atoms with Gasteiger partial charge in [-0.15, -0.1) is 0 Å². The van der Waals surface area contributed by atoms with Crippen molar-refractivity contribution in [3.05, 3.63) is 53.6 Å². The van der Waals surface area contributed by atoms with Crippen LogP contribution in [-0.2, 0) is 26.4 Å². The molecule has 0 bridgehead atoms. The number of ether oxygens (including phenoxy) is 3. The third-order valence-electron chi connectivity index (χ3n) is 6.29. The van der Waals surface area contributed by atoms with Crippen LogP contribution in [0.5, 0.6) is 11.5 Å². The van der Waals surface area contributed by atoms with E-state index >= 15 is 0 Å². The average molecular weight is 483 g/mol. The lowest BCUT2D eigenvalue weighted by molar-refractivity contribution is -0.133. The lowest BCUT2D eigenvalue weighted by Crippen LogP contribution is -2.42. The molecule has 2 aromatic rings. The van der Waals surface area contributed by atoms with Gasteiger partial charge < -0.3 is 24.8 Å². The Balaban J connectivity index is 1.39. The van der Waals surface area contributed by atoms with E-state index in [1.54, 1.807) is 25.1 Å². The van der Waals surface area contributed by atoms with Gasteiger partial charge in [0.25, 0.3) is 5.91 Å². The summed E-state index contributed by atoms with van der Waals surface area (Å²) in [5, 5.41) is 5.46. The number of benzene rings is 2. The van der Waals surface area contributed by atoms with Gasteiger partial charge in [-0.1, -0.05) is 18.2 Å². The molecule has 2 heterocycles. The molecule has 0 aliphatic carbocycles. The van der Waals surface area contributed by atoms with Gasteiger partial charge in [0.2, 0.25) is 5.91 Å². The van der Waals surface area contributed by atoms with E-state index in [-0.39, 0.29) is 0 Å². The van der Waals surface area contributed by atoms with Crippen molar-refractivity contribution in [2.45, 2.75) is 19.0 Å². The zero-order valence-electron chi connectivity index (χ0n) is 20.1. The SMILES string of the molecule is COc1ccc(C2(C)NC(=O)N(CC(=O)Nc3ccc(CN4CCOCC4)cc3)C2=O)cc1OC. The van der Waals surface area contributed by atoms with Crippen molar-refractivity contribution in [2.75, 3.05) is 52.4 Å². The molecular formula is C25H30N4O6. The zero-order chi connectivity index (χ0) is 25.0. The van der Waals surface area contributed by atoms with Crippen molar-refractivity contribution in [1.82, 2.24) is 15.1 Å². The first-order valence-electron chi connectivity index (χ1n) is 11.4. The van der Waals surface area contributed by atoms with Crippen LogP contribution in [0.25, 0.3) is 0 Å². The summed E-state index contributed by atoms with van der Waals surface area (Å²) in [7, 11) is 3.00. The minimum atomic E-state index is -1.34. The molecule has 2 aromatic carbocycles. The second-order valence-electron chi connectivity index (χ2n) is 8.65. The molecule has 0 spiro atoms. The molecule has 4 rings (SSSR count). The highest BCUT2D eigenvalue weighted by molar-refractivity contribution is 6.10. The van der Waals surface area contributed by atoms with Crippen molar-refractivity contribution < 1.29 is 28.6 Å². The molecule has 1 unspecified atom stereocenters. The van der Waals surface area contributed by atoms with Gasteiger partial charge >= 0.3 is 6.03 Å². The number of carbonyl (C=O) groups excluding carboxylic acids is 3. The van der Waals surface area contributed by atoms with Crippen LogP contribution in [0.15, 0.2) is 42.5 Å². The van der Waals surface area contributed by atoms with E-state index < -0.39 is 29.9 Å². The molecule has 10 heteroatoms. The summed E-state index contributed by atoms with van der Waals surface area (Å²) >= 11 is 0. The number of hydrogen-bond acceptors (Lipinski definition) is 7. The van der Waals surface area contributed by atoms with E-state index in [4.69, 9.17) is 14.2 Å². The van der Waals surface area contributed by atoms with Gasteiger partial charge in [0, 0.05) is 25.3 Å². The van der Waals surface area contributed by atoms with Crippen molar-refractivity contribution in [1.29, 1.82) is 0 Å². The number of rotatable bonds is 8. The molecule has 4 amide bonds. The molecule has 186 valence electrons. The molecule has 2 N–H and O–H groups in total. The van der Waals surface area contributed by atoms with Crippen LogP contribution in [0.1, 0.15) is 18.1 Å². The normalized spacial score (nSPS) is 20.5. The van der Waals surface area contributed by atoms with Crippen LogP contribution >= 0.6 is 0 Å². The number of urea groups is 1. The standard InChI is InChI=1S/C25H30N4O6/c1-25(18-6-9-20(33-2)21(14-18)34-3)23(31)29(24(32)27-25)16-22(30)26-19-7-4-17(5-8-19)15-28-10-12-35-13-11-28/h4-9,14H,10-13,15-16H2,1-3H3,(H,26,30)(H,27,32). The predicted octanol–water partition coefficient (Wildman–Crippen LogP) is 1.94. The molecule has 2 saturated heterocycles. The van der Waals surface area contributed by atoms with Gasteiger partial charge in [0.05, 0.1) is 27.4 Å². The van der Waals surface area contributed by atoms with Gasteiger partial charge in [-0.25, -0.2) is 4.79 Å². The Bertz CT molecular complexity index is 1100. The lowest BCUT2D eigenvalue weighted by atomic mass is 9.91. The van der Waals surface area contributed by atoms with E-state index in [1.807, 2.05) is 24.3 Å². The first-order valence-corrected chi connectivity index (χ1v) is 11.4. The number of nitrogens with zero attached hydrogens (tertiary/aromatic N) is 2. The van der Waals surface area contributed by atoms with E-state index in [2.05, 4.69) is 15.5 Å². The third-order valence-corrected chi connectivity index (χ3v) is 6.29. The number of morpholine rings is 1. The Morgan fingerprint density at radius 2 is 1.74 bits per heavy atom. The predicted molar refractivity (Wildman–Crippen MR) is 128 cm³/mol. The first-order chi connectivity index (χ1) is 16.8. The van der Waals surface area contributed by atoms with Crippen molar-refractivity contribution in [3.63, 3.8) is 0 Å². The summed E-state index contributed by atoms with van der Waals surface area (Å²) < 4.78 is 15.9. The van der Waals surface area contributed by atoms with E-state index in [9.17, 15) is 14.4 Å². The Morgan fingerprint density at radius 1 is 1.06 bits per heavy atom. The van der Waals surface area contributed by atoms with Gasteiger partial charge in [0.1, 0.15) is 12.1 Å². The Morgan fingerprint density at radius 3 is 2.40 bits per heavy atom. The summed E-state index contributed by atoms with van der Waals surface area (Å²) in [6.45, 7) is 5.28. The quantitative estimate of drug-likeness (QED) is 0.554. The number of imide groups is 1. The summed E-state index contributed by atoms with van der Waals surface area (Å²) in [5.74, 6) is -0.0536. The molecule has 0 aromatic heterocycles. The number of nitrogens with one attached hydrogen (secondary N) is 2. The average Bonchev–Trinajstić information content (AvgIpc) is 3.09. The summed E-state index contributed by atoms with van der Waals surface area (Å²) in [4.78, 5) is 41.7. The number of anilines is 1. The van der Waals surface area contributed by atoms with Crippen molar-refractivity contribution in [3.8, 4) is 11.5 Å². The Hall–Kier alpha value is -3.63. The van der Waals surface area contributed by atoms with E-state index in [0.29, 0.717) is 22.7 Å². The summed E-state index contributed by atoms with van der Waals surface area (Å²) in [5.41, 5.74) is 0.908. The molecule has 2 aliphatic rings. The zero-order valence-corrected chi connectivity index (χ0v) is 20.1. The van der Waals surface area contributed by atoms with Gasteiger partial charge in [-0.3, -0.25) is 19.4 Å². The second-order valence-corrected chi connectivity index (χ2v) is 8.65. The van der Waals surface area contributed by atoms with Crippen LogP contribution in [-0.4, -0.2) is 74.7 Å². The molecule has 2 fully saturated rings. The van der Waals surface area contributed by atoms with Crippen molar-refractivity contribution in [2.24, 2.45) is 0 Å². The number of amides is 4. The summed E-state index contributed by atoms with van der Waals surface area (Å²) in [6, 6.07) is 11.9. The fourth-order valence-electron chi connectivity index (χ4n) is 4.24. The summed E-state index contributed by atoms with van der Waals surface area (Å²) in [6.07, 6.45) is 0. The maximum absolute atomic E-state index is 13.2. The molecular weight excluding hydrogens is 452 g/mol. The fourth-order valence-corrected chi connectivity index (χ4v) is 4.24. The van der Waals surface area contributed by atoms with Crippen LogP contribution in [0.2, 0.25) is 0 Å². The number of carbonyl (C=O) groups is 3. The highest BCUT2D eigenvalue weighted by Crippen LogP contribution is 2.35. The van der Waals surface area contributed by atoms with Crippen LogP contribution in [0.4, 0.5) is 10.5 Å². The topological polar surface area (TPSA) is 109 Å². The monoisotopic (exact) mass is 482 g/mol. The Kier molecular flexibility index (Phi) is 7.23. The molecule has 0 radical (unpaired) electrons. The van der Waals surface area contributed by atoms with Gasteiger partial charge in [-0.2, -0.15) is 0 Å². The maximum Gasteiger partial charge on any atom is 0.325 e. The highest BCUT2D eigenvalue weighted by atomic mass is 16.5. The lowest BCUT2D eigenvalue weighted by Gasteiger charge is -2.26. The highest BCUT2D eigenvalue weighted by Gasteiger charge is 2.49. The molecule has 2 aliphatic heterocycles. The van der Waals surface area contributed by atoms with Crippen molar-refractivity contribution >= 4 is 23.5 Å². The molecule has 35 heavy (non-hydrogen) atoms. The smallest absolute Gasteiger partial charge is 0.325 e. The number of hydrogen-bond donors (Lipinski definition) is 2. The van der Waals surface area contributed by atoms with E-state index in [1.165, 1.54) is 14.2 Å². The van der Waals surface area contributed by atoms with Crippen LogP contribution in [0, 0.1) is 0 Å². The minimum Gasteiger partial charge on any atom is -0.493 e. The van der Waals surface area contributed by atoms with Gasteiger partial charge in [0.15, 0.2) is 11.5 Å². The Labute approximate surface area is 204 Å². The molecule has 10 nitrogen and oxygen atoms in total. The molecule has 1 atom stereocenters. The van der Waals surface area contributed by atoms with Crippen LogP contribution < -0.4 is 20.1 Å². The minimum absolute atomic E-state index is 0.400.